The summed E-state index contributed by atoms with van der Waals surface area (Å²) in [6.07, 6.45) is 4.91. The predicted octanol–water partition coefficient (Wildman–Crippen LogP) is 2.14. The molecule has 1 aromatic carbocycles. The number of hydrogen-bond donors (Lipinski definition) is 3. The summed E-state index contributed by atoms with van der Waals surface area (Å²) >= 11 is 0. The van der Waals surface area contributed by atoms with Gasteiger partial charge in [-0.05, 0) is 36.6 Å². The molecule has 9 heteroatoms. The Labute approximate surface area is 166 Å². The van der Waals surface area contributed by atoms with Crippen LogP contribution in [0.15, 0.2) is 30.7 Å². The number of nitrogens with one attached hydrogen (secondary N) is 2. The number of hydrogen-bond acceptors (Lipinski definition) is 5. The number of nitrogens with zero attached hydrogens (tertiary/aromatic N) is 3. The summed E-state index contributed by atoms with van der Waals surface area (Å²) in [6.45, 7) is 3.35. The average molecular weight is 400 g/mol. The summed E-state index contributed by atoms with van der Waals surface area (Å²) in [7, 11) is 0. The third-order valence-corrected chi connectivity index (χ3v) is 5.37. The fourth-order valence-electron chi connectivity index (χ4n) is 3.77. The van der Waals surface area contributed by atoms with Crippen LogP contribution in [0, 0.1) is 11.6 Å². The first-order valence-electron chi connectivity index (χ1n) is 9.48. The monoisotopic (exact) mass is 400 g/mol. The second kappa shape index (κ2) is 7.40. The molecule has 29 heavy (non-hydrogen) atoms. The number of nitrogens with two attached hydrogens (primary N) is 1. The largest absolute Gasteiger partial charge is 0.354 e. The Morgan fingerprint density at radius 1 is 1.38 bits per heavy atom. The number of anilines is 1. The topological polar surface area (TPSA) is 99.9 Å². The van der Waals surface area contributed by atoms with Crippen molar-refractivity contribution in [3.63, 3.8) is 0 Å². The smallest absolute Gasteiger partial charge is 0.254 e. The molecule has 3 heterocycles. The molecule has 7 nitrogen and oxygen atoms in total. The van der Waals surface area contributed by atoms with Crippen molar-refractivity contribution in [3.05, 3.63) is 53.5 Å². The van der Waals surface area contributed by atoms with Crippen molar-refractivity contribution in [2.24, 2.45) is 5.73 Å². The Morgan fingerprint density at radius 3 is 3.00 bits per heavy atom. The highest BCUT2D eigenvalue weighted by molar-refractivity contribution is 5.94. The molecule has 4 N–H and O–H groups in total. The Balaban J connectivity index is 1.48. The van der Waals surface area contributed by atoms with Crippen LogP contribution in [0.2, 0.25) is 0 Å². The van der Waals surface area contributed by atoms with Gasteiger partial charge >= 0.3 is 0 Å². The first-order valence-corrected chi connectivity index (χ1v) is 9.48. The molecule has 1 fully saturated rings. The zero-order chi connectivity index (χ0) is 20.6. The molecular weight excluding hydrogens is 378 g/mol. The molecule has 0 bridgehead atoms. The zero-order valence-electron chi connectivity index (χ0n) is 16.0. The summed E-state index contributed by atoms with van der Waals surface area (Å²) < 4.78 is 27.1. The third-order valence-electron chi connectivity index (χ3n) is 5.37. The maximum Gasteiger partial charge on any atom is 0.254 e. The van der Waals surface area contributed by atoms with Crippen molar-refractivity contribution in [2.75, 3.05) is 24.5 Å². The second-order valence-corrected chi connectivity index (χ2v) is 7.43. The van der Waals surface area contributed by atoms with Crippen molar-refractivity contribution in [1.82, 2.24) is 20.3 Å². The quantitative estimate of drug-likeness (QED) is 0.609. The lowest BCUT2D eigenvalue weighted by molar-refractivity contribution is 0.0940. The van der Waals surface area contributed by atoms with Crippen LogP contribution in [0.1, 0.15) is 29.3 Å². The van der Waals surface area contributed by atoms with Gasteiger partial charge in [-0.25, -0.2) is 18.7 Å². The molecule has 2 aromatic heterocycles. The summed E-state index contributed by atoms with van der Waals surface area (Å²) in [5.74, 6) is -1.32. The average Bonchev–Trinajstić information content (AvgIpc) is 3.32. The van der Waals surface area contributed by atoms with Gasteiger partial charge in [0.25, 0.3) is 5.91 Å². The number of aromatic amines is 1. The lowest BCUT2D eigenvalue weighted by Crippen LogP contribution is -2.52. The van der Waals surface area contributed by atoms with Crippen LogP contribution in [0.5, 0.6) is 0 Å². The molecule has 4 rings (SSSR count). The van der Waals surface area contributed by atoms with E-state index in [2.05, 4.69) is 32.1 Å². The van der Waals surface area contributed by atoms with Crippen LogP contribution in [0.4, 0.5) is 14.6 Å². The highest BCUT2D eigenvalue weighted by atomic mass is 19.1. The lowest BCUT2D eigenvalue weighted by Gasteiger charge is -2.25. The van der Waals surface area contributed by atoms with Gasteiger partial charge in [-0.1, -0.05) is 6.92 Å². The van der Waals surface area contributed by atoms with E-state index in [-0.39, 0.29) is 12.1 Å². The van der Waals surface area contributed by atoms with E-state index in [4.69, 9.17) is 5.73 Å². The van der Waals surface area contributed by atoms with E-state index < -0.39 is 23.1 Å². The fourth-order valence-corrected chi connectivity index (χ4v) is 3.77. The van der Waals surface area contributed by atoms with Gasteiger partial charge < -0.3 is 20.9 Å². The van der Waals surface area contributed by atoms with Crippen LogP contribution in [-0.4, -0.2) is 46.0 Å². The molecule has 1 atom stereocenters. The minimum atomic E-state index is -0.772. The molecule has 3 aromatic rings. The SMILES string of the molecule is CCc1c[nH]c2ncnc(N3CC[C@](N)(CNC(=O)c4cc(F)ccc4F)C3)c12. The van der Waals surface area contributed by atoms with Crippen molar-refractivity contribution in [1.29, 1.82) is 0 Å². The van der Waals surface area contributed by atoms with Crippen molar-refractivity contribution in [2.45, 2.75) is 25.3 Å². The van der Waals surface area contributed by atoms with Gasteiger partial charge in [0.2, 0.25) is 0 Å². The van der Waals surface area contributed by atoms with Gasteiger partial charge in [-0.2, -0.15) is 0 Å². The van der Waals surface area contributed by atoms with E-state index in [0.717, 1.165) is 47.0 Å². The number of carbonyl (C=O) groups is 1. The number of amides is 1. The minimum Gasteiger partial charge on any atom is -0.354 e. The first-order chi connectivity index (χ1) is 13.9. The molecule has 0 radical (unpaired) electrons. The molecule has 1 aliphatic heterocycles. The van der Waals surface area contributed by atoms with Gasteiger partial charge in [0.1, 0.15) is 29.4 Å². The molecule has 152 valence electrons. The van der Waals surface area contributed by atoms with Gasteiger partial charge in [0.15, 0.2) is 0 Å². The number of rotatable bonds is 5. The van der Waals surface area contributed by atoms with Gasteiger partial charge in [-0.3, -0.25) is 4.79 Å². The number of H-pyrrole nitrogens is 1. The molecule has 1 saturated heterocycles. The fraction of sp³-hybridized carbons (Fsp3) is 0.350. The van der Waals surface area contributed by atoms with E-state index in [0.29, 0.717) is 19.5 Å². The Kier molecular flexibility index (Phi) is 4.91. The van der Waals surface area contributed by atoms with E-state index in [9.17, 15) is 13.6 Å². The predicted molar refractivity (Wildman–Crippen MR) is 106 cm³/mol. The van der Waals surface area contributed by atoms with E-state index in [1.165, 1.54) is 6.33 Å². The molecule has 0 unspecified atom stereocenters. The van der Waals surface area contributed by atoms with Crippen molar-refractivity contribution < 1.29 is 13.6 Å². The normalized spacial score (nSPS) is 19.1. The Bertz CT molecular complexity index is 1070. The second-order valence-electron chi connectivity index (χ2n) is 7.43. The maximum atomic E-state index is 13.8. The van der Waals surface area contributed by atoms with Crippen molar-refractivity contribution >= 4 is 22.8 Å². The van der Waals surface area contributed by atoms with E-state index in [1.54, 1.807) is 0 Å². The molecule has 0 spiro atoms. The highest BCUT2D eigenvalue weighted by Crippen LogP contribution is 2.31. The number of carbonyl (C=O) groups excluding carboxylic acids is 1. The van der Waals surface area contributed by atoms with Crippen LogP contribution in [0.3, 0.4) is 0 Å². The number of aryl methyl sites for hydroxylation is 1. The number of aromatic nitrogens is 3. The molecule has 1 aliphatic rings. The van der Waals surface area contributed by atoms with Gasteiger partial charge in [0, 0.05) is 25.8 Å². The molecule has 1 amide bonds. The summed E-state index contributed by atoms with van der Waals surface area (Å²) in [5.41, 5.74) is 7.35. The Hall–Kier alpha value is -3.07. The summed E-state index contributed by atoms with van der Waals surface area (Å²) in [4.78, 5) is 26.3. The van der Waals surface area contributed by atoms with E-state index in [1.807, 2.05) is 6.20 Å². The molecule has 0 saturated carbocycles. The van der Waals surface area contributed by atoms with Crippen molar-refractivity contribution in [3.8, 4) is 0 Å². The minimum absolute atomic E-state index is 0.139. The molecular formula is C20H22F2N6O. The number of fused-ring (bicyclic) bond motifs is 1. The van der Waals surface area contributed by atoms with Crippen LogP contribution in [0.25, 0.3) is 11.0 Å². The first kappa shape index (κ1) is 19.3. The maximum absolute atomic E-state index is 13.8. The van der Waals surface area contributed by atoms with Crippen LogP contribution in [-0.2, 0) is 6.42 Å². The molecule has 0 aliphatic carbocycles. The number of halogens is 2. The summed E-state index contributed by atoms with van der Waals surface area (Å²) in [5, 5.41) is 3.62. The number of benzene rings is 1. The van der Waals surface area contributed by atoms with Crippen LogP contribution < -0.4 is 16.0 Å². The van der Waals surface area contributed by atoms with Gasteiger partial charge in [-0.15, -0.1) is 0 Å². The van der Waals surface area contributed by atoms with Crippen LogP contribution >= 0.6 is 0 Å². The highest BCUT2D eigenvalue weighted by Gasteiger charge is 2.36. The van der Waals surface area contributed by atoms with E-state index >= 15 is 0 Å². The summed E-state index contributed by atoms with van der Waals surface area (Å²) in [6, 6.07) is 2.78. The van der Waals surface area contributed by atoms with Gasteiger partial charge in [0.05, 0.1) is 16.5 Å². The Morgan fingerprint density at radius 2 is 2.21 bits per heavy atom. The zero-order valence-corrected chi connectivity index (χ0v) is 16.0. The third kappa shape index (κ3) is 3.65. The standard InChI is InChI=1S/C20H22F2N6O/c1-2-12-8-24-17-16(12)18(27-11-26-17)28-6-5-20(23,10-28)9-25-19(29)14-7-13(21)3-4-15(14)22/h3-4,7-8,11H,2,5-6,9-10,23H2,1H3,(H,25,29)(H,24,26,27)/t20-/m0/s1. The lowest BCUT2D eigenvalue weighted by atomic mass is 10.00.